The Morgan fingerprint density at radius 1 is 1.05 bits per heavy atom. The first-order chi connectivity index (χ1) is 20.4. The Labute approximate surface area is 250 Å². The van der Waals surface area contributed by atoms with Crippen LogP contribution in [0, 0.1) is 17.8 Å². The molecule has 12 heteroatoms. The van der Waals surface area contributed by atoms with Crippen LogP contribution in [0.15, 0.2) is 42.6 Å². The van der Waals surface area contributed by atoms with Gasteiger partial charge in [-0.05, 0) is 24.8 Å². The Morgan fingerprint density at radius 2 is 1.74 bits per heavy atom. The molecule has 4 atom stereocenters. The normalized spacial score (nSPS) is 20.7. The smallest absolute Gasteiger partial charge is 0.332 e. The first-order valence-corrected chi connectivity index (χ1v) is 14.1. The van der Waals surface area contributed by atoms with E-state index < -0.39 is 66.5 Å². The van der Waals surface area contributed by atoms with Crippen LogP contribution in [-0.2, 0) is 39.8 Å². The highest BCUT2D eigenvalue weighted by molar-refractivity contribution is 5.99. The van der Waals surface area contributed by atoms with Gasteiger partial charge in [-0.2, -0.15) is 0 Å². The van der Waals surface area contributed by atoms with Crippen molar-refractivity contribution in [2.45, 2.75) is 65.7 Å². The van der Waals surface area contributed by atoms with Gasteiger partial charge in [0, 0.05) is 18.7 Å². The summed E-state index contributed by atoms with van der Waals surface area (Å²) in [6, 6.07) is 9.02. The van der Waals surface area contributed by atoms with E-state index in [2.05, 4.69) is 10.3 Å². The SMILES string of the molecule is COc1ccnc(C(=O)NC2COC(=O)C(Cc3ccccc3)C(OC(=O)C(C)C)C(C)OC2=O)c1OC(=O)CC(C)C. The van der Waals surface area contributed by atoms with Crippen LogP contribution in [0.2, 0.25) is 0 Å². The molecule has 3 rings (SSSR count). The third-order valence-corrected chi connectivity index (χ3v) is 6.56. The summed E-state index contributed by atoms with van der Waals surface area (Å²) in [7, 11) is 1.34. The number of nitrogens with zero attached hydrogens (tertiary/aromatic N) is 1. The summed E-state index contributed by atoms with van der Waals surface area (Å²) in [6.45, 7) is 7.88. The van der Waals surface area contributed by atoms with Crippen LogP contribution < -0.4 is 14.8 Å². The van der Waals surface area contributed by atoms with Gasteiger partial charge >= 0.3 is 23.9 Å². The van der Waals surface area contributed by atoms with E-state index in [0.29, 0.717) is 0 Å². The van der Waals surface area contributed by atoms with Crippen LogP contribution in [0.25, 0.3) is 0 Å². The largest absolute Gasteiger partial charge is 0.493 e. The van der Waals surface area contributed by atoms with Crippen molar-refractivity contribution in [1.29, 1.82) is 0 Å². The molecule has 1 aromatic carbocycles. The van der Waals surface area contributed by atoms with Crippen molar-refractivity contribution in [3.05, 3.63) is 53.9 Å². The molecule has 0 spiro atoms. The minimum atomic E-state index is -1.46. The minimum absolute atomic E-state index is 0.00731. The molecule has 2 heterocycles. The number of benzene rings is 1. The lowest BCUT2D eigenvalue weighted by molar-refractivity contribution is -0.176. The van der Waals surface area contributed by atoms with E-state index in [4.69, 9.17) is 23.7 Å². The number of nitrogens with one attached hydrogen (secondary N) is 1. The van der Waals surface area contributed by atoms with E-state index >= 15 is 0 Å². The summed E-state index contributed by atoms with van der Waals surface area (Å²) in [5, 5.41) is 2.46. The maximum absolute atomic E-state index is 13.4. The predicted molar refractivity (Wildman–Crippen MR) is 152 cm³/mol. The maximum atomic E-state index is 13.4. The van der Waals surface area contributed by atoms with Crippen molar-refractivity contribution in [3.63, 3.8) is 0 Å². The molecule has 0 aliphatic carbocycles. The molecule has 1 aliphatic heterocycles. The molecule has 1 aromatic heterocycles. The molecule has 0 bridgehead atoms. The zero-order valence-electron chi connectivity index (χ0n) is 25.2. The van der Waals surface area contributed by atoms with Crippen molar-refractivity contribution in [3.8, 4) is 11.5 Å². The fraction of sp³-hybridized carbons (Fsp3) is 0.484. The van der Waals surface area contributed by atoms with Crippen LogP contribution in [-0.4, -0.2) is 66.7 Å². The van der Waals surface area contributed by atoms with Crippen LogP contribution in [0.1, 0.15) is 57.1 Å². The number of esters is 4. The van der Waals surface area contributed by atoms with Gasteiger partial charge in [0.25, 0.3) is 5.91 Å². The van der Waals surface area contributed by atoms with Crippen molar-refractivity contribution in [2.75, 3.05) is 13.7 Å². The first-order valence-electron chi connectivity index (χ1n) is 14.1. The van der Waals surface area contributed by atoms with E-state index in [9.17, 15) is 24.0 Å². The lowest BCUT2D eigenvalue weighted by Gasteiger charge is -2.29. The Balaban J connectivity index is 1.89. The number of pyridine rings is 1. The molecule has 1 saturated heterocycles. The van der Waals surface area contributed by atoms with E-state index in [-0.39, 0.29) is 36.0 Å². The number of carbonyl (C=O) groups excluding carboxylic acids is 5. The number of rotatable bonds is 10. The van der Waals surface area contributed by atoms with Crippen molar-refractivity contribution >= 4 is 29.8 Å². The van der Waals surface area contributed by atoms with Crippen LogP contribution >= 0.6 is 0 Å². The van der Waals surface area contributed by atoms with Gasteiger partial charge < -0.3 is 29.0 Å². The van der Waals surface area contributed by atoms with E-state index in [1.54, 1.807) is 26.0 Å². The second-order valence-electron chi connectivity index (χ2n) is 10.9. The summed E-state index contributed by atoms with van der Waals surface area (Å²) in [6.07, 6.45) is -0.731. The van der Waals surface area contributed by atoms with Gasteiger partial charge in [0.15, 0.2) is 23.6 Å². The summed E-state index contributed by atoms with van der Waals surface area (Å²) < 4.78 is 27.5. The lowest BCUT2D eigenvalue weighted by Crippen LogP contribution is -2.47. The van der Waals surface area contributed by atoms with Crippen LogP contribution in [0.5, 0.6) is 11.5 Å². The number of ether oxygens (including phenoxy) is 5. The van der Waals surface area contributed by atoms with E-state index in [1.165, 1.54) is 26.3 Å². The Bertz CT molecular complexity index is 1310. The number of hydrogen-bond donors (Lipinski definition) is 1. The molecular formula is C31H38N2O10. The number of methoxy groups -OCH3 is 1. The van der Waals surface area contributed by atoms with Crippen molar-refractivity contribution < 1.29 is 47.7 Å². The third-order valence-electron chi connectivity index (χ3n) is 6.56. The first kappa shape index (κ1) is 33.0. The quantitative estimate of drug-likeness (QED) is 0.317. The monoisotopic (exact) mass is 598 g/mol. The minimum Gasteiger partial charge on any atom is -0.493 e. The van der Waals surface area contributed by atoms with Crippen LogP contribution in [0.3, 0.4) is 0 Å². The summed E-state index contributed by atoms with van der Waals surface area (Å²) in [5.74, 6) is -5.42. The Hall–Kier alpha value is -4.48. The van der Waals surface area contributed by atoms with Gasteiger partial charge in [-0.15, -0.1) is 0 Å². The molecule has 1 N–H and O–H groups in total. The standard InChI is InChI=1S/C31H38N2O10/c1-17(2)14-24(34)42-27-23(39-6)12-13-32-25(27)28(35)33-22-16-40-30(37)21(15-20-10-8-7-9-11-20)26(19(5)41-31(22)38)43-29(36)18(3)4/h7-13,17-19,21-22,26H,14-16H2,1-6H3,(H,33,35). The fourth-order valence-electron chi connectivity index (χ4n) is 4.32. The van der Waals surface area contributed by atoms with Gasteiger partial charge in [0.1, 0.15) is 18.6 Å². The molecule has 43 heavy (non-hydrogen) atoms. The Morgan fingerprint density at radius 3 is 2.37 bits per heavy atom. The molecule has 2 aromatic rings. The molecule has 12 nitrogen and oxygen atoms in total. The number of aromatic nitrogens is 1. The molecular weight excluding hydrogens is 560 g/mol. The average molecular weight is 599 g/mol. The van der Waals surface area contributed by atoms with E-state index in [0.717, 1.165) is 5.56 Å². The number of hydrogen-bond acceptors (Lipinski definition) is 11. The summed E-state index contributed by atoms with van der Waals surface area (Å²) in [5.41, 5.74) is 0.454. The molecule has 4 unspecified atom stereocenters. The van der Waals surface area contributed by atoms with Crippen LogP contribution in [0.4, 0.5) is 0 Å². The molecule has 232 valence electrons. The van der Waals surface area contributed by atoms with Crippen molar-refractivity contribution in [2.24, 2.45) is 17.8 Å². The average Bonchev–Trinajstić information content (AvgIpc) is 2.99. The fourth-order valence-corrected chi connectivity index (χ4v) is 4.32. The molecule has 0 radical (unpaired) electrons. The second-order valence-corrected chi connectivity index (χ2v) is 10.9. The predicted octanol–water partition coefficient (Wildman–Crippen LogP) is 3.06. The van der Waals surface area contributed by atoms with Gasteiger partial charge in [-0.1, -0.05) is 58.0 Å². The topological polar surface area (TPSA) is 156 Å². The zero-order chi connectivity index (χ0) is 31.7. The number of cyclic esters (lactones) is 2. The van der Waals surface area contributed by atoms with Gasteiger partial charge in [0.2, 0.25) is 5.75 Å². The molecule has 0 saturated carbocycles. The zero-order valence-corrected chi connectivity index (χ0v) is 25.2. The highest BCUT2D eigenvalue weighted by Crippen LogP contribution is 2.30. The van der Waals surface area contributed by atoms with Gasteiger partial charge in [-0.25, -0.2) is 9.78 Å². The van der Waals surface area contributed by atoms with Gasteiger partial charge in [-0.3, -0.25) is 19.2 Å². The molecule has 1 amide bonds. The molecule has 1 aliphatic rings. The van der Waals surface area contributed by atoms with Gasteiger partial charge in [0.05, 0.1) is 13.0 Å². The lowest BCUT2D eigenvalue weighted by atomic mass is 9.91. The number of amides is 1. The van der Waals surface area contributed by atoms with E-state index in [1.807, 2.05) is 32.0 Å². The molecule has 1 fully saturated rings. The summed E-state index contributed by atoms with van der Waals surface area (Å²) in [4.78, 5) is 69.0. The maximum Gasteiger partial charge on any atom is 0.332 e. The Kier molecular flexibility index (Phi) is 11.6. The summed E-state index contributed by atoms with van der Waals surface area (Å²) >= 11 is 0. The highest BCUT2D eigenvalue weighted by atomic mass is 16.6. The highest BCUT2D eigenvalue weighted by Gasteiger charge is 2.42. The number of carbonyl (C=O) groups is 5. The van der Waals surface area contributed by atoms with Crippen molar-refractivity contribution in [1.82, 2.24) is 10.3 Å². The third kappa shape index (κ3) is 9.00. The second kappa shape index (κ2) is 15.1.